The predicted octanol–water partition coefficient (Wildman–Crippen LogP) is 3.35. The number of hydrogen-bond donors (Lipinski definition) is 1. The molecule has 1 aromatic carbocycles. The van der Waals surface area contributed by atoms with Gasteiger partial charge in [-0.05, 0) is 30.9 Å². The third-order valence-corrected chi connectivity index (χ3v) is 4.05. The molecule has 1 aliphatic rings. The minimum absolute atomic E-state index is 0.203. The first-order valence-corrected chi connectivity index (χ1v) is 7.01. The molecule has 5 heteroatoms. The molecule has 0 spiro atoms. The summed E-state index contributed by atoms with van der Waals surface area (Å²) >= 11 is 0. The van der Waals surface area contributed by atoms with E-state index in [0.717, 1.165) is 12.8 Å². The van der Waals surface area contributed by atoms with Crippen LogP contribution in [-0.4, -0.2) is 30.2 Å². The van der Waals surface area contributed by atoms with Crippen LogP contribution in [0, 0.1) is 5.92 Å². The summed E-state index contributed by atoms with van der Waals surface area (Å²) < 4.78 is 40.5. The number of nitrogens with zero attached hydrogens (tertiary/aromatic N) is 1. The summed E-state index contributed by atoms with van der Waals surface area (Å²) in [5.74, 6) is 0.435. The first-order chi connectivity index (χ1) is 9.43. The molecule has 2 nitrogen and oxygen atoms in total. The Morgan fingerprint density at radius 1 is 1.30 bits per heavy atom. The number of hydrogen-bond acceptors (Lipinski definition) is 2. The molecule has 3 atom stereocenters. The highest BCUT2D eigenvalue weighted by Crippen LogP contribution is 2.41. The third kappa shape index (κ3) is 3.33. The van der Waals surface area contributed by atoms with Crippen LogP contribution in [-0.2, 0) is 0 Å². The molecule has 0 aromatic heterocycles. The van der Waals surface area contributed by atoms with Gasteiger partial charge in [-0.2, -0.15) is 13.2 Å². The minimum atomic E-state index is -4.28. The Balaban J connectivity index is 2.32. The van der Waals surface area contributed by atoms with Gasteiger partial charge in [0.05, 0.1) is 0 Å². The summed E-state index contributed by atoms with van der Waals surface area (Å²) in [4.78, 5) is 1.54. The van der Waals surface area contributed by atoms with E-state index in [2.05, 4.69) is 6.92 Å². The summed E-state index contributed by atoms with van der Waals surface area (Å²) in [6.07, 6.45) is -2.76. The van der Waals surface area contributed by atoms with Gasteiger partial charge in [0.15, 0.2) is 0 Å². The maximum absolute atomic E-state index is 13.5. The van der Waals surface area contributed by atoms with E-state index in [-0.39, 0.29) is 12.6 Å². The van der Waals surface area contributed by atoms with Crippen molar-refractivity contribution in [3.8, 4) is 0 Å². The minimum Gasteiger partial charge on any atom is -0.329 e. The first-order valence-electron chi connectivity index (χ1n) is 7.01. The second-order valence-corrected chi connectivity index (χ2v) is 5.61. The molecule has 3 unspecified atom stereocenters. The van der Waals surface area contributed by atoms with Crippen LogP contribution in [0.4, 0.5) is 13.2 Å². The van der Waals surface area contributed by atoms with E-state index in [1.807, 2.05) is 0 Å². The van der Waals surface area contributed by atoms with E-state index in [1.165, 1.54) is 4.90 Å². The zero-order chi connectivity index (χ0) is 14.8. The van der Waals surface area contributed by atoms with Crippen LogP contribution in [0.15, 0.2) is 30.3 Å². The van der Waals surface area contributed by atoms with E-state index in [1.54, 1.807) is 30.3 Å². The van der Waals surface area contributed by atoms with Crippen LogP contribution in [0.3, 0.4) is 0 Å². The van der Waals surface area contributed by atoms with Crippen molar-refractivity contribution >= 4 is 0 Å². The number of benzene rings is 1. The Morgan fingerprint density at radius 3 is 2.50 bits per heavy atom. The molecule has 1 saturated heterocycles. The fourth-order valence-corrected chi connectivity index (χ4v) is 3.05. The van der Waals surface area contributed by atoms with Gasteiger partial charge < -0.3 is 5.73 Å². The summed E-state index contributed by atoms with van der Waals surface area (Å²) in [7, 11) is 0. The van der Waals surface area contributed by atoms with Gasteiger partial charge in [0.25, 0.3) is 0 Å². The lowest BCUT2D eigenvalue weighted by molar-refractivity contribution is -0.196. The molecule has 0 bridgehead atoms. The smallest absolute Gasteiger partial charge is 0.329 e. The van der Waals surface area contributed by atoms with Crippen LogP contribution in [0.25, 0.3) is 0 Å². The number of nitrogens with two attached hydrogens (primary N) is 1. The molecule has 0 saturated carbocycles. The van der Waals surface area contributed by atoms with Crippen LogP contribution in [0.2, 0.25) is 0 Å². The third-order valence-electron chi connectivity index (χ3n) is 4.05. The lowest BCUT2D eigenvalue weighted by Crippen LogP contribution is -2.51. The van der Waals surface area contributed by atoms with Crippen molar-refractivity contribution in [3.63, 3.8) is 0 Å². The maximum atomic E-state index is 13.5. The largest absolute Gasteiger partial charge is 0.408 e. The summed E-state index contributed by atoms with van der Waals surface area (Å²) in [6.45, 7) is 2.79. The van der Waals surface area contributed by atoms with Crippen LogP contribution in [0.5, 0.6) is 0 Å². The molecule has 1 aromatic rings. The molecular weight excluding hydrogens is 265 g/mol. The molecule has 1 aliphatic heterocycles. The van der Waals surface area contributed by atoms with Crippen molar-refractivity contribution in [2.24, 2.45) is 11.7 Å². The van der Waals surface area contributed by atoms with E-state index in [0.29, 0.717) is 18.0 Å². The molecule has 20 heavy (non-hydrogen) atoms. The Labute approximate surface area is 117 Å². The molecule has 2 N–H and O–H groups in total. The molecule has 0 amide bonds. The SMILES string of the molecule is CC1CCN(C(c2ccccc2)C(F)(F)F)C(CN)C1. The highest BCUT2D eigenvalue weighted by molar-refractivity contribution is 5.21. The molecule has 1 heterocycles. The highest BCUT2D eigenvalue weighted by Gasteiger charge is 2.47. The quantitative estimate of drug-likeness (QED) is 0.923. The molecule has 2 rings (SSSR count). The second kappa shape index (κ2) is 6.14. The van der Waals surface area contributed by atoms with Crippen molar-refractivity contribution < 1.29 is 13.2 Å². The number of piperidine rings is 1. The van der Waals surface area contributed by atoms with Crippen LogP contribution >= 0.6 is 0 Å². The number of alkyl halides is 3. The number of halogens is 3. The van der Waals surface area contributed by atoms with Gasteiger partial charge in [0.1, 0.15) is 6.04 Å². The second-order valence-electron chi connectivity index (χ2n) is 5.61. The normalized spacial score (nSPS) is 26.4. The molecule has 1 fully saturated rings. The van der Waals surface area contributed by atoms with Crippen LogP contribution in [0.1, 0.15) is 31.4 Å². The zero-order valence-corrected chi connectivity index (χ0v) is 11.6. The van der Waals surface area contributed by atoms with Crippen molar-refractivity contribution in [2.75, 3.05) is 13.1 Å². The van der Waals surface area contributed by atoms with Gasteiger partial charge in [-0.25, -0.2) is 0 Å². The molecule has 0 radical (unpaired) electrons. The van der Waals surface area contributed by atoms with Gasteiger partial charge in [-0.15, -0.1) is 0 Å². The fourth-order valence-electron chi connectivity index (χ4n) is 3.05. The van der Waals surface area contributed by atoms with E-state index >= 15 is 0 Å². The predicted molar refractivity (Wildman–Crippen MR) is 73.2 cm³/mol. The number of likely N-dealkylation sites (tertiary alicyclic amines) is 1. The highest BCUT2D eigenvalue weighted by atomic mass is 19.4. The first kappa shape index (κ1) is 15.3. The van der Waals surface area contributed by atoms with E-state index in [4.69, 9.17) is 5.73 Å². The van der Waals surface area contributed by atoms with Gasteiger partial charge in [-0.1, -0.05) is 37.3 Å². The van der Waals surface area contributed by atoms with Gasteiger partial charge >= 0.3 is 6.18 Å². The summed E-state index contributed by atoms with van der Waals surface area (Å²) in [6, 6.07) is 6.37. The molecular formula is C15H21F3N2. The topological polar surface area (TPSA) is 29.3 Å². The van der Waals surface area contributed by atoms with E-state index in [9.17, 15) is 13.2 Å². The Bertz CT molecular complexity index is 419. The molecule has 0 aliphatic carbocycles. The fraction of sp³-hybridized carbons (Fsp3) is 0.600. The maximum Gasteiger partial charge on any atom is 0.408 e. The van der Waals surface area contributed by atoms with Gasteiger partial charge in [0.2, 0.25) is 0 Å². The van der Waals surface area contributed by atoms with Crippen molar-refractivity contribution in [1.29, 1.82) is 0 Å². The van der Waals surface area contributed by atoms with Crippen molar-refractivity contribution in [2.45, 2.75) is 38.0 Å². The van der Waals surface area contributed by atoms with Crippen LogP contribution < -0.4 is 5.73 Å². The standard InChI is InChI=1S/C15H21F3N2/c1-11-7-8-20(13(9-11)10-19)14(15(16,17)18)12-5-3-2-4-6-12/h2-6,11,13-14H,7-10,19H2,1H3. The zero-order valence-electron chi connectivity index (χ0n) is 11.6. The van der Waals surface area contributed by atoms with Gasteiger partial charge in [0, 0.05) is 12.6 Å². The number of rotatable bonds is 3. The summed E-state index contributed by atoms with van der Waals surface area (Å²) in [5.41, 5.74) is 6.01. The Morgan fingerprint density at radius 2 is 1.95 bits per heavy atom. The lowest BCUT2D eigenvalue weighted by Gasteiger charge is -2.43. The van der Waals surface area contributed by atoms with Crippen molar-refractivity contribution in [3.05, 3.63) is 35.9 Å². The average Bonchev–Trinajstić information content (AvgIpc) is 2.40. The van der Waals surface area contributed by atoms with Crippen molar-refractivity contribution in [1.82, 2.24) is 4.90 Å². The summed E-state index contributed by atoms with van der Waals surface area (Å²) in [5, 5.41) is 0. The monoisotopic (exact) mass is 286 g/mol. The Kier molecular flexibility index (Phi) is 4.70. The Hall–Kier alpha value is -1.07. The van der Waals surface area contributed by atoms with Gasteiger partial charge in [-0.3, -0.25) is 4.90 Å². The molecule has 112 valence electrons. The average molecular weight is 286 g/mol. The lowest BCUT2D eigenvalue weighted by atomic mass is 9.89. The van der Waals surface area contributed by atoms with E-state index < -0.39 is 12.2 Å².